The Bertz CT molecular complexity index is 499. The molecule has 1 atom stereocenters. The Labute approximate surface area is 103 Å². The molecule has 92 valence electrons. The van der Waals surface area contributed by atoms with Crippen LogP contribution in [0.5, 0.6) is 0 Å². The molecule has 0 fully saturated rings. The molecule has 0 aliphatic rings. The van der Waals surface area contributed by atoms with Crippen LogP contribution in [0.15, 0.2) is 24.5 Å². The van der Waals surface area contributed by atoms with Crippen molar-refractivity contribution in [3.8, 4) is 0 Å². The van der Waals surface area contributed by atoms with Crippen molar-refractivity contribution in [1.82, 2.24) is 14.9 Å². The van der Waals surface area contributed by atoms with Crippen molar-refractivity contribution < 1.29 is 0 Å². The van der Waals surface area contributed by atoms with Crippen LogP contribution in [0.3, 0.4) is 0 Å². The molecule has 3 nitrogen and oxygen atoms in total. The molecule has 1 unspecified atom stereocenters. The number of hydrogen-bond acceptors (Lipinski definition) is 2. The SMILES string of the molecule is CC(C)NC(C)Cc1ccc2c(c1)ncn2C. The second-order valence-electron chi connectivity index (χ2n) is 5.11. The monoisotopic (exact) mass is 231 g/mol. The van der Waals surface area contributed by atoms with Crippen LogP contribution >= 0.6 is 0 Å². The summed E-state index contributed by atoms with van der Waals surface area (Å²) in [6, 6.07) is 7.57. The van der Waals surface area contributed by atoms with Gasteiger partial charge in [-0.3, -0.25) is 0 Å². The summed E-state index contributed by atoms with van der Waals surface area (Å²) in [6.45, 7) is 6.58. The first-order chi connectivity index (χ1) is 8.06. The van der Waals surface area contributed by atoms with E-state index in [1.165, 1.54) is 11.1 Å². The zero-order chi connectivity index (χ0) is 12.4. The highest BCUT2D eigenvalue weighted by molar-refractivity contribution is 5.75. The van der Waals surface area contributed by atoms with Crippen molar-refractivity contribution in [2.45, 2.75) is 39.3 Å². The van der Waals surface area contributed by atoms with Crippen LogP contribution in [0.2, 0.25) is 0 Å². The Morgan fingerprint density at radius 2 is 2.06 bits per heavy atom. The highest BCUT2D eigenvalue weighted by Gasteiger charge is 2.06. The van der Waals surface area contributed by atoms with Gasteiger partial charge in [0.1, 0.15) is 0 Å². The van der Waals surface area contributed by atoms with Gasteiger partial charge in [-0.2, -0.15) is 0 Å². The maximum absolute atomic E-state index is 4.39. The standard InChI is InChI=1S/C14H21N3/c1-10(2)16-11(3)7-12-5-6-14-13(8-12)15-9-17(14)4/h5-6,8-11,16H,7H2,1-4H3. The lowest BCUT2D eigenvalue weighted by Crippen LogP contribution is -2.33. The zero-order valence-corrected chi connectivity index (χ0v) is 11.1. The van der Waals surface area contributed by atoms with Gasteiger partial charge in [-0.25, -0.2) is 4.98 Å². The average Bonchev–Trinajstić information content (AvgIpc) is 2.58. The minimum Gasteiger partial charge on any atom is -0.334 e. The quantitative estimate of drug-likeness (QED) is 0.876. The van der Waals surface area contributed by atoms with E-state index in [-0.39, 0.29) is 0 Å². The van der Waals surface area contributed by atoms with E-state index in [9.17, 15) is 0 Å². The molecule has 0 aliphatic carbocycles. The third-order valence-corrected chi connectivity index (χ3v) is 2.95. The van der Waals surface area contributed by atoms with E-state index >= 15 is 0 Å². The molecule has 0 radical (unpaired) electrons. The maximum Gasteiger partial charge on any atom is 0.0955 e. The van der Waals surface area contributed by atoms with Crippen LogP contribution in [0.1, 0.15) is 26.3 Å². The van der Waals surface area contributed by atoms with Gasteiger partial charge in [0.25, 0.3) is 0 Å². The van der Waals surface area contributed by atoms with E-state index in [4.69, 9.17) is 0 Å². The first kappa shape index (κ1) is 12.1. The molecule has 17 heavy (non-hydrogen) atoms. The number of aromatic nitrogens is 2. The smallest absolute Gasteiger partial charge is 0.0955 e. The molecule has 0 amide bonds. The van der Waals surface area contributed by atoms with Crippen LogP contribution in [0, 0.1) is 0 Å². The molecule has 2 rings (SSSR count). The number of hydrogen-bond donors (Lipinski definition) is 1. The Kier molecular flexibility index (Phi) is 3.48. The lowest BCUT2D eigenvalue weighted by Gasteiger charge is -2.16. The van der Waals surface area contributed by atoms with Gasteiger partial charge in [0.05, 0.1) is 17.4 Å². The summed E-state index contributed by atoms with van der Waals surface area (Å²) < 4.78 is 2.05. The number of imidazole rings is 1. The fourth-order valence-electron chi connectivity index (χ4n) is 2.29. The molecule has 1 N–H and O–H groups in total. The van der Waals surface area contributed by atoms with Crippen LogP contribution in [-0.2, 0) is 13.5 Å². The fraction of sp³-hybridized carbons (Fsp3) is 0.500. The largest absolute Gasteiger partial charge is 0.334 e. The first-order valence-electron chi connectivity index (χ1n) is 6.22. The highest BCUT2D eigenvalue weighted by atomic mass is 15.0. The van der Waals surface area contributed by atoms with Gasteiger partial charge in [0.15, 0.2) is 0 Å². The van der Waals surface area contributed by atoms with Crippen molar-refractivity contribution in [2.24, 2.45) is 7.05 Å². The van der Waals surface area contributed by atoms with E-state index < -0.39 is 0 Å². The summed E-state index contributed by atoms with van der Waals surface area (Å²) in [5.41, 5.74) is 3.62. The van der Waals surface area contributed by atoms with Crippen LogP contribution in [0.4, 0.5) is 0 Å². The molecule has 0 bridgehead atoms. The molecular formula is C14H21N3. The molecule has 0 aliphatic heterocycles. The summed E-state index contributed by atoms with van der Waals surface area (Å²) in [5, 5.41) is 3.52. The topological polar surface area (TPSA) is 29.9 Å². The second kappa shape index (κ2) is 4.88. The highest BCUT2D eigenvalue weighted by Crippen LogP contribution is 2.15. The molecule has 0 saturated carbocycles. The number of aryl methyl sites for hydroxylation is 1. The Morgan fingerprint density at radius 1 is 1.29 bits per heavy atom. The van der Waals surface area contributed by atoms with Crippen LogP contribution in [0.25, 0.3) is 11.0 Å². The summed E-state index contributed by atoms with van der Waals surface area (Å²) in [4.78, 5) is 4.39. The molecule has 0 spiro atoms. The Morgan fingerprint density at radius 3 is 2.76 bits per heavy atom. The Balaban J connectivity index is 2.14. The maximum atomic E-state index is 4.39. The van der Waals surface area contributed by atoms with E-state index in [1.54, 1.807) is 0 Å². The van der Waals surface area contributed by atoms with Gasteiger partial charge in [-0.05, 0) is 31.0 Å². The van der Waals surface area contributed by atoms with Crippen molar-refractivity contribution in [3.05, 3.63) is 30.1 Å². The lowest BCUT2D eigenvalue weighted by molar-refractivity contribution is 0.488. The second-order valence-corrected chi connectivity index (χ2v) is 5.11. The van der Waals surface area contributed by atoms with Gasteiger partial charge >= 0.3 is 0 Å². The minimum atomic E-state index is 0.496. The molecule has 1 heterocycles. The van der Waals surface area contributed by atoms with E-state index in [0.717, 1.165) is 11.9 Å². The summed E-state index contributed by atoms with van der Waals surface area (Å²) in [7, 11) is 2.03. The first-order valence-corrected chi connectivity index (χ1v) is 6.22. The van der Waals surface area contributed by atoms with Gasteiger partial charge in [-0.1, -0.05) is 19.9 Å². The minimum absolute atomic E-state index is 0.496. The zero-order valence-electron chi connectivity index (χ0n) is 11.1. The molecule has 2 aromatic rings. The van der Waals surface area contributed by atoms with Crippen LogP contribution < -0.4 is 5.32 Å². The molecule has 0 saturated heterocycles. The number of nitrogens with one attached hydrogen (secondary N) is 1. The van der Waals surface area contributed by atoms with Gasteiger partial charge < -0.3 is 9.88 Å². The van der Waals surface area contributed by atoms with Crippen molar-refractivity contribution >= 4 is 11.0 Å². The molecule has 3 heteroatoms. The van der Waals surface area contributed by atoms with Gasteiger partial charge in [-0.15, -0.1) is 0 Å². The van der Waals surface area contributed by atoms with Crippen molar-refractivity contribution in [1.29, 1.82) is 0 Å². The number of rotatable bonds is 4. The fourth-order valence-corrected chi connectivity index (χ4v) is 2.29. The van der Waals surface area contributed by atoms with Gasteiger partial charge in [0, 0.05) is 19.1 Å². The van der Waals surface area contributed by atoms with Crippen molar-refractivity contribution in [2.75, 3.05) is 0 Å². The number of benzene rings is 1. The van der Waals surface area contributed by atoms with Gasteiger partial charge in [0.2, 0.25) is 0 Å². The van der Waals surface area contributed by atoms with E-state index in [0.29, 0.717) is 12.1 Å². The van der Waals surface area contributed by atoms with Crippen molar-refractivity contribution in [3.63, 3.8) is 0 Å². The predicted molar refractivity (Wildman–Crippen MR) is 72.2 cm³/mol. The third kappa shape index (κ3) is 2.86. The normalized spacial score (nSPS) is 13.5. The van der Waals surface area contributed by atoms with E-state index in [1.807, 2.05) is 13.4 Å². The Hall–Kier alpha value is -1.35. The third-order valence-electron chi connectivity index (χ3n) is 2.95. The average molecular weight is 231 g/mol. The summed E-state index contributed by atoms with van der Waals surface area (Å²) in [6.07, 6.45) is 2.91. The van der Waals surface area contributed by atoms with Crippen LogP contribution in [-0.4, -0.2) is 21.6 Å². The molecule has 1 aromatic heterocycles. The van der Waals surface area contributed by atoms with E-state index in [2.05, 4.69) is 53.8 Å². The lowest BCUT2D eigenvalue weighted by atomic mass is 10.1. The number of fused-ring (bicyclic) bond motifs is 1. The number of nitrogens with zero attached hydrogens (tertiary/aromatic N) is 2. The molecule has 1 aromatic carbocycles. The summed E-state index contributed by atoms with van der Waals surface area (Å²) >= 11 is 0. The predicted octanol–water partition coefficient (Wildman–Crippen LogP) is 2.50. The summed E-state index contributed by atoms with van der Waals surface area (Å²) in [5.74, 6) is 0. The molecular weight excluding hydrogens is 210 g/mol.